The van der Waals surface area contributed by atoms with E-state index in [1.54, 1.807) is 6.92 Å². The van der Waals surface area contributed by atoms with Crippen molar-refractivity contribution in [2.75, 3.05) is 6.54 Å². The number of benzene rings is 2. The van der Waals surface area contributed by atoms with Gasteiger partial charge in [-0.05, 0) is 36.8 Å². The molecule has 5 nitrogen and oxygen atoms in total. The van der Waals surface area contributed by atoms with Crippen molar-refractivity contribution >= 4 is 29.5 Å². The largest absolute Gasteiger partial charge is 0.456 e. The van der Waals surface area contributed by atoms with E-state index in [0.29, 0.717) is 5.56 Å². The molecule has 27 heavy (non-hydrogen) atoms. The summed E-state index contributed by atoms with van der Waals surface area (Å²) >= 11 is 5.81. The second-order valence-electron chi connectivity index (χ2n) is 5.76. The second kappa shape index (κ2) is 7.67. The Bertz CT molecular complexity index is 1000. The fourth-order valence-electron chi connectivity index (χ4n) is 2.39. The van der Waals surface area contributed by atoms with Crippen LogP contribution >= 0.6 is 11.6 Å². The van der Waals surface area contributed by atoms with Crippen molar-refractivity contribution in [3.05, 3.63) is 69.9 Å². The van der Waals surface area contributed by atoms with Gasteiger partial charge in [0.25, 0.3) is 5.91 Å². The molecule has 1 heterocycles. The van der Waals surface area contributed by atoms with E-state index in [9.17, 15) is 18.4 Å². The maximum Gasteiger partial charge on any atom is 0.259 e. The lowest BCUT2D eigenvalue weighted by Crippen LogP contribution is -2.26. The number of rotatable bonds is 4. The first-order chi connectivity index (χ1) is 12.8. The number of allylic oxidation sites excluding steroid dienone is 1. The van der Waals surface area contributed by atoms with Crippen molar-refractivity contribution in [3.8, 4) is 11.5 Å². The second-order valence-corrected chi connectivity index (χ2v) is 6.17. The van der Waals surface area contributed by atoms with Gasteiger partial charge in [0.1, 0.15) is 29.7 Å². The van der Waals surface area contributed by atoms with Crippen LogP contribution in [0.3, 0.4) is 0 Å². The Hall–Kier alpha value is -3.06. The first-order valence-electron chi connectivity index (χ1n) is 7.82. The number of ether oxygens (including phenoxy) is 1. The topological polar surface area (TPSA) is 67.8 Å². The Morgan fingerprint density at radius 2 is 2.00 bits per heavy atom. The zero-order chi connectivity index (χ0) is 19.6. The molecule has 1 aliphatic heterocycles. The quantitative estimate of drug-likeness (QED) is 0.858. The summed E-state index contributed by atoms with van der Waals surface area (Å²) in [5.74, 6) is -1.98. The molecular weight excluding hydrogens is 378 g/mol. The number of halogens is 3. The number of nitrogens with zero attached hydrogens (tertiary/aromatic N) is 1. The molecule has 0 unspecified atom stereocenters. The maximum absolute atomic E-state index is 13.9. The van der Waals surface area contributed by atoms with E-state index in [2.05, 4.69) is 10.3 Å². The van der Waals surface area contributed by atoms with Gasteiger partial charge in [-0.2, -0.15) is 0 Å². The third kappa shape index (κ3) is 4.38. The van der Waals surface area contributed by atoms with Gasteiger partial charge in [0.15, 0.2) is 5.78 Å². The molecule has 0 fully saturated rings. The van der Waals surface area contributed by atoms with E-state index in [-0.39, 0.29) is 40.1 Å². The minimum absolute atomic E-state index is 0.00709. The van der Waals surface area contributed by atoms with Gasteiger partial charge >= 0.3 is 0 Å². The van der Waals surface area contributed by atoms with Crippen LogP contribution in [-0.2, 0) is 4.79 Å². The average molecular weight is 391 g/mol. The van der Waals surface area contributed by atoms with Gasteiger partial charge < -0.3 is 10.1 Å². The minimum Gasteiger partial charge on any atom is -0.456 e. The summed E-state index contributed by atoms with van der Waals surface area (Å²) in [6.07, 6.45) is 2.55. The fourth-order valence-corrected chi connectivity index (χ4v) is 2.55. The van der Waals surface area contributed by atoms with Crippen LogP contribution in [0.4, 0.5) is 8.78 Å². The number of aliphatic imine (C=N–C) groups is 1. The van der Waals surface area contributed by atoms with Gasteiger partial charge in [-0.3, -0.25) is 14.6 Å². The highest BCUT2D eigenvalue weighted by atomic mass is 35.5. The van der Waals surface area contributed by atoms with Gasteiger partial charge in [0.05, 0.1) is 16.3 Å². The molecule has 1 N–H and O–H groups in total. The first-order valence-corrected chi connectivity index (χ1v) is 8.20. The molecule has 0 saturated heterocycles. The van der Waals surface area contributed by atoms with Crippen LogP contribution < -0.4 is 10.1 Å². The lowest BCUT2D eigenvalue weighted by Gasteiger charge is -2.14. The molecule has 1 aliphatic rings. The summed E-state index contributed by atoms with van der Waals surface area (Å²) in [6.45, 7) is 1.63. The van der Waals surface area contributed by atoms with Gasteiger partial charge in [-0.25, -0.2) is 8.78 Å². The highest BCUT2D eigenvalue weighted by molar-refractivity contribution is 6.31. The summed E-state index contributed by atoms with van der Waals surface area (Å²) in [7, 11) is 0. The van der Waals surface area contributed by atoms with E-state index in [0.717, 1.165) is 12.1 Å². The van der Waals surface area contributed by atoms with Gasteiger partial charge in [-0.15, -0.1) is 0 Å². The Labute approximate surface area is 158 Å². The number of hydrogen-bond donors (Lipinski definition) is 1. The summed E-state index contributed by atoms with van der Waals surface area (Å²) in [6, 6.07) is 5.92. The molecule has 2 aromatic rings. The van der Waals surface area contributed by atoms with Crippen molar-refractivity contribution in [2.45, 2.75) is 6.92 Å². The number of aryl methyl sites for hydroxylation is 1. The molecule has 0 spiro atoms. The molecule has 8 heteroatoms. The lowest BCUT2D eigenvalue weighted by molar-refractivity contribution is -0.113. The van der Waals surface area contributed by atoms with Crippen LogP contribution in [0.1, 0.15) is 15.9 Å². The molecular formula is C19H13ClF2N2O3. The Kier molecular flexibility index (Phi) is 5.32. The average Bonchev–Trinajstić information content (AvgIpc) is 2.60. The van der Waals surface area contributed by atoms with Crippen molar-refractivity contribution < 1.29 is 23.1 Å². The molecule has 0 aliphatic carbocycles. The molecule has 0 aromatic heterocycles. The minimum atomic E-state index is -0.813. The van der Waals surface area contributed by atoms with Crippen molar-refractivity contribution in [1.29, 1.82) is 0 Å². The maximum atomic E-state index is 13.9. The standard InChI is InChI=1S/C19H13ClF2N2O3/c1-10-4-11(21)2-3-17(10)27-18-7-15(20)16(22)6-14(18)19(26)24-12-5-13(25)9-23-8-12/h2-8H,9H2,1H3,(H,24,26). The third-order valence-corrected chi connectivity index (χ3v) is 3.97. The van der Waals surface area contributed by atoms with Crippen LogP contribution in [0.25, 0.3) is 0 Å². The van der Waals surface area contributed by atoms with Gasteiger partial charge in [-0.1, -0.05) is 11.6 Å². The smallest absolute Gasteiger partial charge is 0.259 e. The van der Waals surface area contributed by atoms with E-state index >= 15 is 0 Å². The summed E-state index contributed by atoms with van der Waals surface area (Å²) in [4.78, 5) is 27.8. The van der Waals surface area contributed by atoms with Crippen LogP contribution in [0.15, 0.2) is 47.1 Å². The number of carbonyl (C=O) groups excluding carboxylic acids is 2. The number of carbonyl (C=O) groups is 2. The fraction of sp³-hybridized carbons (Fsp3) is 0.105. The van der Waals surface area contributed by atoms with Gasteiger partial charge in [0, 0.05) is 18.4 Å². The van der Waals surface area contributed by atoms with E-state index < -0.39 is 17.5 Å². The predicted octanol–water partition coefficient (Wildman–Crippen LogP) is 3.99. The molecule has 2 aromatic carbocycles. The molecule has 0 saturated carbocycles. The highest BCUT2D eigenvalue weighted by Crippen LogP contribution is 2.32. The molecule has 0 radical (unpaired) electrons. The zero-order valence-corrected chi connectivity index (χ0v) is 14.8. The molecule has 1 amide bonds. The number of hydrogen-bond acceptors (Lipinski definition) is 4. The Morgan fingerprint density at radius 3 is 2.70 bits per heavy atom. The number of amides is 1. The molecule has 0 bridgehead atoms. The van der Waals surface area contributed by atoms with Crippen molar-refractivity contribution in [2.24, 2.45) is 4.99 Å². The van der Waals surface area contributed by atoms with Crippen molar-refractivity contribution in [3.63, 3.8) is 0 Å². The van der Waals surface area contributed by atoms with E-state index in [4.69, 9.17) is 16.3 Å². The van der Waals surface area contributed by atoms with Crippen LogP contribution in [0, 0.1) is 18.6 Å². The summed E-state index contributed by atoms with van der Waals surface area (Å²) in [5.41, 5.74) is 0.512. The van der Waals surface area contributed by atoms with Gasteiger partial charge in [0.2, 0.25) is 0 Å². The van der Waals surface area contributed by atoms with E-state index in [1.807, 2.05) is 0 Å². The zero-order valence-electron chi connectivity index (χ0n) is 14.1. The summed E-state index contributed by atoms with van der Waals surface area (Å²) < 4.78 is 32.8. The lowest BCUT2D eigenvalue weighted by atomic mass is 10.1. The number of dihydropyridines is 1. The third-order valence-electron chi connectivity index (χ3n) is 3.68. The SMILES string of the molecule is Cc1cc(F)ccc1Oc1cc(Cl)c(F)cc1C(=O)NC1=CC(=O)CN=C1. The number of nitrogens with one attached hydrogen (secondary N) is 1. The van der Waals surface area contributed by atoms with Crippen molar-refractivity contribution in [1.82, 2.24) is 5.32 Å². The Morgan fingerprint density at radius 1 is 1.22 bits per heavy atom. The summed E-state index contributed by atoms with van der Waals surface area (Å²) in [5, 5.41) is 2.22. The normalized spacial score (nSPS) is 13.3. The molecule has 3 rings (SSSR count). The molecule has 138 valence electrons. The Balaban J connectivity index is 1.94. The number of ketones is 1. The van der Waals surface area contributed by atoms with Crippen LogP contribution in [0.2, 0.25) is 5.02 Å². The van der Waals surface area contributed by atoms with Crippen LogP contribution in [0.5, 0.6) is 11.5 Å². The highest BCUT2D eigenvalue weighted by Gasteiger charge is 2.19. The van der Waals surface area contributed by atoms with Crippen LogP contribution in [-0.4, -0.2) is 24.4 Å². The monoisotopic (exact) mass is 390 g/mol. The predicted molar refractivity (Wildman–Crippen MR) is 96.5 cm³/mol. The first kappa shape index (κ1) is 18.7. The van der Waals surface area contributed by atoms with E-state index in [1.165, 1.54) is 30.5 Å². The molecule has 0 atom stereocenters.